The Hall–Kier alpha value is -3.36. The van der Waals surface area contributed by atoms with Crippen LogP contribution in [0.5, 0.6) is 5.75 Å². The maximum absolute atomic E-state index is 12.3. The zero-order valence-electron chi connectivity index (χ0n) is 15.4. The average molecular weight is 371 g/mol. The number of amides is 1. The Kier molecular flexibility index (Phi) is 5.11. The maximum atomic E-state index is 12.3. The van der Waals surface area contributed by atoms with Crippen molar-refractivity contribution in [3.8, 4) is 5.75 Å². The zero-order chi connectivity index (χ0) is 19.6. The monoisotopic (exact) mass is 371 g/mol. The molecular formula is C18H21N5O4. The smallest absolute Gasteiger partial charge is 0.332 e. The van der Waals surface area contributed by atoms with E-state index < -0.39 is 11.2 Å². The number of benzene rings is 1. The third-order valence-electron chi connectivity index (χ3n) is 4.25. The molecule has 0 aliphatic carbocycles. The number of hydrogen-bond acceptors (Lipinski definition) is 5. The summed E-state index contributed by atoms with van der Waals surface area (Å²) in [5.41, 5.74) is 0.660. The first-order chi connectivity index (χ1) is 12.9. The van der Waals surface area contributed by atoms with E-state index in [1.165, 1.54) is 29.6 Å². The molecule has 1 N–H and O–H groups in total. The Bertz CT molecular complexity index is 1090. The molecule has 0 radical (unpaired) electrons. The lowest BCUT2D eigenvalue weighted by Crippen LogP contribution is -2.38. The molecule has 0 saturated heterocycles. The van der Waals surface area contributed by atoms with Gasteiger partial charge in [-0.1, -0.05) is 17.7 Å². The predicted octanol–water partition coefficient (Wildman–Crippen LogP) is -0.0627. The van der Waals surface area contributed by atoms with Crippen molar-refractivity contribution in [2.45, 2.75) is 13.5 Å². The molecule has 9 nitrogen and oxygen atoms in total. The van der Waals surface area contributed by atoms with Crippen molar-refractivity contribution in [2.75, 3.05) is 13.2 Å². The zero-order valence-corrected chi connectivity index (χ0v) is 15.4. The van der Waals surface area contributed by atoms with E-state index in [0.29, 0.717) is 13.2 Å². The first-order valence-electron chi connectivity index (χ1n) is 8.45. The van der Waals surface area contributed by atoms with Crippen molar-refractivity contribution >= 4 is 17.1 Å². The van der Waals surface area contributed by atoms with E-state index in [1.54, 1.807) is 0 Å². The van der Waals surface area contributed by atoms with Crippen LogP contribution in [0.4, 0.5) is 0 Å². The molecule has 0 aliphatic rings. The first kappa shape index (κ1) is 18.4. The number of hydrogen-bond donors (Lipinski definition) is 1. The lowest BCUT2D eigenvalue weighted by Gasteiger charge is -2.09. The number of imidazole rings is 1. The fraction of sp³-hybridized carbons (Fsp3) is 0.333. The molecule has 2 aromatic heterocycles. The van der Waals surface area contributed by atoms with E-state index in [0.717, 1.165) is 15.9 Å². The van der Waals surface area contributed by atoms with Gasteiger partial charge in [-0.25, -0.2) is 9.78 Å². The van der Waals surface area contributed by atoms with Crippen LogP contribution < -0.4 is 21.3 Å². The minimum atomic E-state index is -0.485. The second-order valence-electron chi connectivity index (χ2n) is 6.26. The number of carbonyl (C=O) groups excluding carboxylic acids is 1. The molecule has 0 unspecified atom stereocenters. The van der Waals surface area contributed by atoms with Crippen molar-refractivity contribution in [1.82, 2.24) is 24.0 Å². The molecule has 0 bridgehead atoms. The van der Waals surface area contributed by atoms with Gasteiger partial charge >= 0.3 is 5.69 Å². The van der Waals surface area contributed by atoms with Crippen LogP contribution in [0.15, 0.2) is 40.2 Å². The van der Waals surface area contributed by atoms with Gasteiger partial charge in [-0.3, -0.25) is 18.7 Å². The quantitative estimate of drug-likeness (QED) is 0.612. The third kappa shape index (κ3) is 3.76. The normalized spacial score (nSPS) is 10.9. The fourth-order valence-electron chi connectivity index (χ4n) is 2.72. The van der Waals surface area contributed by atoms with Gasteiger partial charge in [0.05, 0.1) is 12.9 Å². The Morgan fingerprint density at radius 3 is 2.56 bits per heavy atom. The lowest BCUT2D eigenvalue weighted by molar-refractivity contribution is -0.121. The largest absolute Gasteiger partial charge is 0.492 e. The number of carbonyl (C=O) groups is 1. The highest BCUT2D eigenvalue weighted by atomic mass is 16.5. The van der Waals surface area contributed by atoms with Gasteiger partial charge in [0, 0.05) is 14.1 Å². The van der Waals surface area contributed by atoms with Gasteiger partial charge in [0.1, 0.15) is 18.9 Å². The summed E-state index contributed by atoms with van der Waals surface area (Å²) in [6, 6.07) is 7.64. The van der Waals surface area contributed by atoms with Crippen LogP contribution >= 0.6 is 0 Å². The SMILES string of the molecule is Cc1ccc(OCCNC(=O)Cn2cnc3c2c(=O)n(C)c(=O)n3C)cc1. The number of nitrogens with zero attached hydrogens (tertiary/aromatic N) is 4. The molecule has 142 valence electrons. The molecule has 0 fully saturated rings. The topological polar surface area (TPSA) is 100 Å². The van der Waals surface area contributed by atoms with Crippen molar-refractivity contribution in [3.63, 3.8) is 0 Å². The maximum Gasteiger partial charge on any atom is 0.332 e. The summed E-state index contributed by atoms with van der Waals surface area (Å²) in [5, 5.41) is 2.74. The van der Waals surface area contributed by atoms with Gasteiger partial charge in [-0.2, -0.15) is 0 Å². The van der Waals surface area contributed by atoms with Gasteiger partial charge in [0.25, 0.3) is 5.56 Å². The van der Waals surface area contributed by atoms with Crippen LogP contribution in [0.3, 0.4) is 0 Å². The Morgan fingerprint density at radius 1 is 1.15 bits per heavy atom. The van der Waals surface area contributed by atoms with Crippen LogP contribution in [-0.4, -0.2) is 37.7 Å². The summed E-state index contributed by atoms with van der Waals surface area (Å²) in [4.78, 5) is 40.5. The number of fused-ring (bicyclic) bond motifs is 1. The minimum Gasteiger partial charge on any atom is -0.492 e. The molecule has 0 saturated carbocycles. The summed E-state index contributed by atoms with van der Waals surface area (Å²) in [5.74, 6) is 0.456. The van der Waals surface area contributed by atoms with E-state index in [4.69, 9.17) is 4.74 Å². The summed E-state index contributed by atoms with van der Waals surface area (Å²) in [7, 11) is 2.92. The highest BCUT2D eigenvalue weighted by Gasteiger charge is 2.15. The molecule has 0 atom stereocenters. The molecule has 3 rings (SSSR count). The third-order valence-corrected chi connectivity index (χ3v) is 4.25. The van der Waals surface area contributed by atoms with E-state index in [9.17, 15) is 14.4 Å². The highest BCUT2D eigenvalue weighted by molar-refractivity contribution is 5.78. The molecule has 9 heteroatoms. The predicted molar refractivity (Wildman–Crippen MR) is 99.9 cm³/mol. The fourth-order valence-corrected chi connectivity index (χ4v) is 2.72. The molecule has 0 aliphatic heterocycles. The van der Waals surface area contributed by atoms with Gasteiger partial charge < -0.3 is 14.6 Å². The van der Waals surface area contributed by atoms with E-state index in [2.05, 4.69) is 10.3 Å². The van der Waals surface area contributed by atoms with Crippen LogP contribution in [0.2, 0.25) is 0 Å². The molecule has 1 amide bonds. The molecule has 1 aromatic carbocycles. The van der Waals surface area contributed by atoms with Crippen molar-refractivity contribution in [1.29, 1.82) is 0 Å². The molecule has 27 heavy (non-hydrogen) atoms. The van der Waals surface area contributed by atoms with Crippen LogP contribution in [-0.2, 0) is 25.4 Å². The molecule has 0 spiro atoms. The van der Waals surface area contributed by atoms with Gasteiger partial charge in [0.15, 0.2) is 11.2 Å². The second kappa shape index (κ2) is 7.48. The lowest BCUT2D eigenvalue weighted by atomic mass is 10.2. The number of ether oxygens (including phenoxy) is 1. The van der Waals surface area contributed by atoms with Gasteiger partial charge in [-0.05, 0) is 19.1 Å². The van der Waals surface area contributed by atoms with Gasteiger partial charge in [0.2, 0.25) is 5.91 Å². The van der Waals surface area contributed by atoms with Crippen LogP contribution in [0.25, 0.3) is 11.2 Å². The first-order valence-corrected chi connectivity index (χ1v) is 8.45. The van der Waals surface area contributed by atoms with Crippen molar-refractivity contribution in [3.05, 3.63) is 57.0 Å². The second-order valence-corrected chi connectivity index (χ2v) is 6.26. The molecule has 3 aromatic rings. The van der Waals surface area contributed by atoms with Crippen molar-refractivity contribution < 1.29 is 9.53 Å². The molecule has 2 heterocycles. The Balaban J connectivity index is 1.62. The average Bonchev–Trinajstić information content (AvgIpc) is 3.07. The molecular weight excluding hydrogens is 350 g/mol. The van der Waals surface area contributed by atoms with E-state index in [-0.39, 0.29) is 23.6 Å². The summed E-state index contributed by atoms with van der Waals surface area (Å²) in [6.45, 7) is 2.58. The standard InChI is InChI=1S/C18H21N5O4/c1-12-4-6-13(7-5-12)27-9-8-19-14(24)10-23-11-20-16-15(23)17(25)22(3)18(26)21(16)2/h4-7,11H,8-10H2,1-3H3,(H,19,24). The van der Waals surface area contributed by atoms with E-state index in [1.807, 2.05) is 31.2 Å². The van der Waals surface area contributed by atoms with Crippen LogP contribution in [0.1, 0.15) is 5.56 Å². The Labute approximate surface area is 154 Å². The Morgan fingerprint density at radius 2 is 1.85 bits per heavy atom. The number of nitrogens with one attached hydrogen (secondary N) is 1. The summed E-state index contributed by atoms with van der Waals surface area (Å²) >= 11 is 0. The number of aryl methyl sites for hydroxylation is 2. The highest BCUT2D eigenvalue weighted by Crippen LogP contribution is 2.10. The van der Waals surface area contributed by atoms with Crippen LogP contribution in [0, 0.1) is 6.92 Å². The van der Waals surface area contributed by atoms with Crippen molar-refractivity contribution in [2.24, 2.45) is 14.1 Å². The van der Waals surface area contributed by atoms with Gasteiger partial charge in [-0.15, -0.1) is 0 Å². The number of aromatic nitrogens is 4. The van der Waals surface area contributed by atoms with E-state index >= 15 is 0 Å². The minimum absolute atomic E-state index is 0.0749. The summed E-state index contributed by atoms with van der Waals surface area (Å²) in [6.07, 6.45) is 1.38. The summed E-state index contributed by atoms with van der Waals surface area (Å²) < 4.78 is 9.27. The number of rotatable bonds is 6.